The zero-order valence-corrected chi connectivity index (χ0v) is 10.9. The SMILES string of the molecule is O=S(=O)(NCC1(C2CC2)CC1)c1cccc(O)c1. The molecule has 2 N–H and O–H groups in total. The van der Waals surface area contributed by atoms with Crippen LogP contribution in [0.15, 0.2) is 29.2 Å². The van der Waals surface area contributed by atoms with Crippen LogP contribution in [0.3, 0.4) is 0 Å². The fourth-order valence-corrected chi connectivity index (χ4v) is 3.74. The van der Waals surface area contributed by atoms with Crippen LogP contribution in [0.4, 0.5) is 0 Å². The third kappa shape index (κ3) is 2.24. The van der Waals surface area contributed by atoms with E-state index in [-0.39, 0.29) is 16.1 Å². The molecule has 1 aromatic rings. The van der Waals surface area contributed by atoms with Gasteiger partial charge in [0.15, 0.2) is 0 Å². The monoisotopic (exact) mass is 267 g/mol. The standard InChI is InChI=1S/C13H17NO3S/c15-11-2-1-3-12(8-11)18(16,17)14-9-13(6-7-13)10-4-5-10/h1-3,8,10,14-15H,4-7,9H2. The highest BCUT2D eigenvalue weighted by molar-refractivity contribution is 7.89. The van der Waals surface area contributed by atoms with Crippen molar-refractivity contribution in [1.82, 2.24) is 4.72 Å². The van der Waals surface area contributed by atoms with Crippen molar-refractivity contribution in [3.63, 3.8) is 0 Å². The van der Waals surface area contributed by atoms with E-state index in [2.05, 4.69) is 4.72 Å². The van der Waals surface area contributed by atoms with Crippen molar-refractivity contribution in [2.24, 2.45) is 11.3 Å². The van der Waals surface area contributed by atoms with Gasteiger partial charge in [-0.05, 0) is 55.2 Å². The van der Waals surface area contributed by atoms with Crippen molar-refractivity contribution in [2.45, 2.75) is 30.6 Å². The average Bonchev–Trinajstić information content (AvgIpc) is 3.18. The molecule has 0 saturated heterocycles. The van der Waals surface area contributed by atoms with Crippen molar-refractivity contribution in [2.75, 3.05) is 6.54 Å². The molecular weight excluding hydrogens is 250 g/mol. The molecule has 18 heavy (non-hydrogen) atoms. The first kappa shape index (κ1) is 12.0. The van der Waals surface area contributed by atoms with Crippen LogP contribution in [0.2, 0.25) is 0 Å². The van der Waals surface area contributed by atoms with Crippen LogP contribution >= 0.6 is 0 Å². The molecule has 2 aliphatic carbocycles. The van der Waals surface area contributed by atoms with E-state index in [1.807, 2.05) is 0 Å². The van der Waals surface area contributed by atoms with Crippen LogP contribution < -0.4 is 4.72 Å². The molecule has 0 radical (unpaired) electrons. The predicted octanol–water partition coefficient (Wildman–Crippen LogP) is 1.86. The van der Waals surface area contributed by atoms with E-state index in [9.17, 15) is 13.5 Å². The molecule has 0 heterocycles. The van der Waals surface area contributed by atoms with Gasteiger partial charge in [0.1, 0.15) is 5.75 Å². The van der Waals surface area contributed by atoms with E-state index in [0.29, 0.717) is 6.54 Å². The molecule has 0 atom stereocenters. The summed E-state index contributed by atoms with van der Waals surface area (Å²) in [6.07, 6.45) is 4.77. The highest BCUT2D eigenvalue weighted by Gasteiger charge is 2.53. The molecule has 0 unspecified atom stereocenters. The second-order valence-corrected chi connectivity index (χ2v) is 7.23. The lowest BCUT2D eigenvalue weighted by Crippen LogP contribution is -2.31. The van der Waals surface area contributed by atoms with E-state index in [1.165, 1.54) is 37.1 Å². The van der Waals surface area contributed by atoms with E-state index < -0.39 is 10.0 Å². The zero-order valence-electron chi connectivity index (χ0n) is 10.1. The lowest BCUT2D eigenvalue weighted by Gasteiger charge is -2.15. The quantitative estimate of drug-likeness (QED) is 0.855. The highest BCUT2D eigenvalue weighted by atomic mass is 32.2. The van der Waals surface area contributed by atoms with Crippen molar-refractivity contribution in [3.8, 4) is 5.75 Å². The van der Waals surface area contributed by atoms with Gasteiger partial charge in [0, 0.05) is 6.54 Å². The lowest BCUT2D eigenvalue weighted by atomic mass is 10.0. The molecule has 2 fully saturated rings. The largest absolute Gasteiger partial charge is 0.508 e. The maximum Gasteiger partial charge on any atom is 0.240 e. The maximum absolute atomic E-state index is 12.1. The number of rotatable bonds is 5. The molecule has 3 rings (SSSR count). The van der Waals surface area contributed by atoms with E-state index in [0.717, 1.165) is 18.8 Å². The number of phenolic OH excluding ortho intramolecular Hbond substituents is 1. The number of aromatic hydroxyl groups is 1. The summed E-state index contributed by atoms with van der Waals surface area (Å²) in [4.78, 5) is 0.133. The number of phenols is 1. The van der Waals surface area contributed by atoms with Crippen molar-refractivity contribution in [3.05, 3.63) is 24.3 Å². The molecule has 0 aromatic heterocycles. The Morgan fingerprint density at radius 1 is 1.33 bits per heavy atom. The summed E-state index contributed by atoms with van der Waals surface area (Å²) < 4.78 is 26.8. The average molecular weight is 267 g/mol. The minimum atomic E-state index is -3.49. The highest BCUT2D eigenvalue weighted by Crippen LogP contribution is 2.60. The molecule has 0 aliphatic heterocycles. The van der Waals surface area contributed by atoms with Gasteiger partial charge >= 0.3 is 0 Å². The Morgan fingerprint density at radius 3 is 2.61 bits per heavy atom. The summed E-state index contributed by atoms with van der Waals surface area (Å²) in [7, 11) is -3.49. The minimum absolute atomic E-state index is 0.0267. The summed E-state index contributed by atoms with van der Waals surface area (Å²) >= 11 is 0. The molecule has 4 nitrogen and oxygen atoms in total. The minimum Gasteiger partial charge on any atom is -0.508 e. The van der Waals surface area contributed by atoms with Gasteiger partial charge < -0.3 is 5.11 Å². The number of nitrogens with one attached hydrogen (secondary N) is 1. The fraction of sp³-hybridized carbons (Fsp3) is 0.538. The Bertz CT molecular complexity index is 559. The van der Waals surface area contributed by atoms with Gasteiger partial charge in [0.25, 0.3) is 0 Å². The van der Waals surface area contributed by atoms with Crippen LogP contribution in [0.25, 0.3) is 0 Å². The Hall–Kier alpha value is -1.07. The van der Waals surface area contributed by atoms with Crippen molar-refractivity contribution < 1.29 is 13.5 Å². The summed E-state index contributed by atoms with van der Waals surface area (Å²) in [6, 6.07) is 5.78. The third-order valence-corrected chi connectivity index (χ3v) is 5.48. The normalized spacial score (nSPS) is 21.8. The van der Waals surface area contributed by atoms with Crippen LogP contribution in [0.5, 0.6) is 5.75 Å². The summed E-state index contributed by atoms with van der Waals surface area (Å²) in [5, 5.41) is 9.32. The van der Waals surface area contributed by atoms with Gasteiger partial charge in [-0.3, -0.25) is 0 Å². The van der Waals surface area contributed by atoms with Gasteiger partial charge in [0.2, 0.25) is 10.0 Å². The zero-order chi connectivity index (χ0) is 12.8. The summed E-state index contributed by atoms with van der Waals surface area (Å²) in [6.45, 7) is 0.537. The van der Waals surface area contributed by atoms with Crippen LogP contribution in [-0.4, -0.2) is 20.1 Å². The molecule has 2 saturated carbocycles. The second kappa shape index (κ2) is 3.96. The van der Waals surface area contributed by atoms with Gasteiger partial charge in [-0.15, -0.1) is 0 Å². The van der Waals surface area contributed by atoms with E-state index in [4.69, 9.17) is 0 Å². The van der Waals surface area contributed by atoms with Crippen LogP contribution in [0, 0.1) is 11.3 Å². The maximum atomic E-state index is 12.1. The van der Waals surface area contributed by atoms with Gasteiger partial charge in [-0.2, -0.15) is 0 Å². The predicted molar refractivity (Wildman–Crippen MR) is 67.7 cm³/mol. The van der Waals surface area contributed by atoms with Crippen LogP contribution in [-0.2, 0) is 10.0 Å². The summed E-state index contributed by atoms with van der Waals surface area (Å²) in [5.41, 5.74) is 0.240. The Balaban J connectivity index is 1.71. The molecule has 0 amide bonds. The molecule has 0 spiro atoms. The molecule has 5 heteroatoms. The first-order valence-corrected chi connectivity index (χ1v) is 7.79. The first-order valence-electron chi connectivity index (χ1n) is 6.31. The van der Waals surface area contributed by atoms with Gasteiger partial charge in [-0.1, -0.05) is 6.07 Å². The molecule has 98 valence electrons. The molecular formula is C13H17NO3S. The molecule has 1 aromatic carbocycles. The lowest BCUT2D eigenvalue weighted by molar-refractivity contribution is 0.431. The number of hydrogen-bond donors (Lipinski definition) is 2. The Labute approximate surface area is 107 Å². The van der Waals surface area contributed by atoms with E-state index in [1.54, 1.807) is 0 Å². The third-order valence-electron chi connectivity index (χ3n) is 4.08. The van der Waals surface area contributed by atoms with Crippen LogP contribution in [0.1, 0.15) is 25.7 Å². The van der Waals surface area contributed by atoms with Crippen molar-refractivity contribution >= 4 is 10.0 Å². The molecule has 2 aliphatic rings. The van der Waals surface area contributed by atoms with Gasteiger partial charge in [-0.25, -0.2) is 13.1 Å². The Morgan fingerprint density at radius 2 is 2.06 bits per heavy atom. The van der Waals surface area contributed by atoms with E-state index >= 15 is 0 Å². The number of hydrogen-bond acceptors (Lipinski definition) is 3. The first-order chi connectivity index (χ1) is 8.52. The van der Waals surface area contributed by atoms with Crippen molar-refractivity contribution in [1.29, 1.82) is 0 Å². The topological polar surface area (TPSA) is 66.4 Å². The molecule has 0 bridgehead atoms. The second-order valence-electron chi connectivity index (χ2n) is 5.46. The van der Waals surface area contributed by atoms with Gasteiger partial charge in [0.05, 0.1) is 4.90 Å². The fourth-order valence-electron chi connectivity index (χ4n) is 2.56. The number of sulfonamides is 1. The smallest absolute Gasteiger partial charge is 0.240 e. The number of benzene rings is 1. The summed E-state index contributed by atoms with van der Waals surface area (Å²) in [5.74, 6) is 0.700. The Kier molecular flexibility index (Phi) is 2.64.